The molecule has 6 nitrogen and oxygen atoms in total. The molecular formula is C14H16F2N4O2S. The standard InChI is InChI=1S/C14H16F2N4O2S/c1-20(2)14-17-6-5-12(19-14)8-18-23(21,22)9-10-7-11(15)3-4-13(10)16/h3-7,18H,8-9H2,1-2H3. The quantitative estimate of drug-likeness (QED) is 0.860. The van der Waals surface area contributed by atoms with Gasteiger partial charge in [-0.1, -0.05) is 0 Å². The van der Waals surface area contributed by atoms with Crippen molar-refractivity contribution in [2.45, 2.75) is 12.3 Å². The van der Waals surface area contributed by atoms with E-state index in [-0.39, 0.29) is 12.1 Å². The van der Waals surface area contributed by atoms with E-state index in [2.05, 4.69) is 14.7 Å². The number of aromatic nitrogens is 2. The summed E-state index contributed by atoms with van der Waals surface area (Å²) in [5.74, 6) is -1.67. The number of sulfonamides is 1. The molecule has 1 aromatic carbocycles. The molecule has 0 spiro atoms. The van der Waals surface area contributed by atoms with Crippen LogP contribution in [-0.2, 0) is 22.3 Å². The second kappa shape index (κ2) is 6.97. The molecule has 124 valence electrons. The lowest BCUT2D eigenvalue weighted by atomic mass is 10.2. The molecule has 0 saturated carbocycles. The van der Waals surface area contributed by atoms with Crippen LogP contribution in [0.4, 0.5) is 14.7 Å². The van der Waals surface area contributed by atoms with E-state index >= 15 is 0 Å². The second-order valence-corrected chi connectivity index (χ2v) is 6.87. The largest absolute Gasteiger partial charge is 0.347 e. The highest BCUT2D eigenvalue weighted by Crippen LogP contribution is 2.13. The third kappa shape index (κ3) is 4.93. The predicted octanol–water partition coefficient (Wildman–Crippen LogP) is 1.44. The topological polar surface area (TPSA) is 75.2 Å². The van der Waals surface area contributed by atoms with E-state index in [0.29, 0.717) is 11.6 Å². The van der Waals surface area contributed by atoms with E-state index in [1.165, 1.54) is 6.20 Å². The lowest BCUT2D eigenvalue weighted by Gasteiger charge is -2.11. The van der Waals surface area contributed by atoms with E-state index in [9.17, 15) is 17.2 Å². The van der Waals surface area contributed by atoms with Crippen LogP contribution in [0.5, 0.6) is 0 Å². The molecular weight excluding hydrogens is 326 g/mol. The van der Waals surface area contributed by atoms with Gasteiger partial charge >= 0.3 is 0 Å². The van der Waals surface area contributed by atoms with E-state index in [4.69, 9.17) is 0 Å². The van der Waals surface area contributed by atoms with Gasteiger partial charge in [-0.3, -0.25) is 0 Å². The van der Waals surface area contributed by atoms with Gasteiger partial charge in [-0.2, -0.15) is 0 Å². The molecule has 0 aliphatic heterocycles. The van der Waals surface area contributed by atoms with Crippen molar-refractivity contribution in [3.8, 4) is 0 Å². The Labute approximate surface area is 133 Å². The molecule has 2 aromatic rings. The summed E-state index contributed by atoms with van der Waals surface area (Å²) in [5.41, 5.74) is 0.237. The Balaban J connectivity index is 2.07. The zero-order valence-corrected chi connectivity index (χ0v) is 13.4. The normalized spacial score (nSPS) is 11.5. The lowest BCUT2D eigenvalue weighted by Crippen LogP contribution is -2.26. The highest BCUT2D eigenvalue weighted by atomic mass is 32.2. The summed E-state index contributed by atoms with van der Waals surface area (Å²) in [6.45, 7) is -0.0668. The van der Waals surface area contributed by atoms with Crippen LogP contribution in [0.2, 0.25) is 0 Å². The smallest absolute Gasteiger partial charge is 0.225 e. The Bertz CT molecular complexity index is 797. The fourth-order valence-electron chi connectivity index (χ4n) is 1.79. The highest BCUT2D eigenvalue weighted by Gasteiger charge is 2.15. The first-order chi connectivity index (χ1) is 10.8. The summed E-state index contributed by atoms with van der Waals surface area (Å²) in [5, 5.41) is 0. The lowest BCUT2D eigenvalue weighted by molar-refractivity contribution is 0.569. The number of nitrogens with zero attached hydrogens (tertiary/aromatic N) is 3. The average molecular weight is 342 g/mol. The van der Waals surface area contributed by atoms with Crippen molar-refractivity contribution in [1.82, 2.24) is 14.7 Å². The van der Waals surface area contributed by atoms with Crippen molar-refractivity contribution in [1.29, 1.82) is 0 Å². The average Bonchev–Trinajstić information content (AvgIpc) is 2.49. The molecule has 0 unspecified atom stereocenters. The predicted molar refractivity (Wildman–Crippen MR) is 82.2 cm³/mol. The Hall–Kier alpha value is -2.13. The van der Waals surface area contributed by atoms with Crippen molar-refractivity contribution in [2.75, 3.05) is 19.0 Å². The summed E-state index contributed by atoms with van der Waals surface area (Å²) in [6, 6.07) is 4.26. The summed E-state index contributed by atoms with van der Waals surface area (Å²) >= 11 is 0. The fourth-order valence-corrected chi connectivity index (χ4v) is 2.89. The van der Waals surface area contributed by atoms with Crippen LogP contribution in [0.25, 0.3) is 0 Å². The SMILES string of the molecule is CN(C)c1nccc(CNS(=O)(=O)Cc2cc(F)ccc2F)n1. The van der Waals surface area contributed by atoms with Crippen LogP contribution in [0.3, 0.4) is 0 Å². The number of anilines is 1. The monoisotopic (exact) mass is 342 g/mol. The number of hydrogen-bond acceptors (Lipinski definition) is 5. The minimum atomic E-state index is -3.84. The van der Waals surface area contributed by atoms with E-state index in [1.54, 1.807) is 25.1 Å². The van der Waals surface area contributed by atoms with Crippen molar-refractivity contribution in [2.24, 2.45) is 0 Å². The van der Waals surface area contributed by atoms with E-state index in [1.807, 2.05) is 0 Å². The first kappa shape index (κ1) is 17.2. The fraction of sp³-hybridized carbons (Fsp3) is 0.286. The first-order valence-corrected chi connectivity index (χ1v) is 8.32. The van der Waals surface area contributed by atoms with Gasteiger partial charge in [0.2, 0.25) is 16.0 Å². The van der Waals surface area contributed by atoms with Gasteiger partial charge in [0.15, 0.2) is 0 Å². The van der Waals surface area contributed by atoms with Gasteiger partial charge in [0, 0.05) is 25.9 Å². The molecule has 0 saturated heterocycles. The Morgan fingerprint density at radius 3 is 2.65 bits per heavy atom. The summed E-state index contributed by atoms with van der Waals surface area (Å²) in [6.07, 6.45) is 1.51. The van der Waals surface area contributed by atoms with Gasteiger partial charge < -0.3 is 4.90 Å². The van der Waals surface area contributed by atoms with Gasteiger partial charge in [-0.15, -0.1) is 0 Å². The maximum atomic E-state index is 13.5. The number of hydrogen-bond donors (Lipinski definition) is 1. The minimum Gasteiger partial charge on any atom is -0.347 e. The maximum absolute atomic E-state index is 13.5. The molecule has 0 amide bonds. The molecule has 0 atom stereocenters. The van der Waals surface area contributed by atoms with Gasteiger partial charge in [-0.05, 0) is 24.3 Å². The van der Waals surface area contributed by atoms with Crippen molar-refractivity contribution >= 4 is 16.0 Å². The maximum Gasteiger partial charge on any atom is 0.225 e. The zero-order chi connectivity index (χ0) is 17.0. The molecule has 1 N–H and O–H groups in total. The highest BCUT2D eigenvalue weighted by molar-refractivity contribution is 7.88. The van der Waals surface area contributed by atoms with Crippen LogP contribution in [0.1, 0.15) is 11.3 Å². The van der Waals surface area contributed by atoms with Crippen LogP contribution in [0, 0.1) is 11.6 Å². The van der Waals surface area contributed by atoms with Crippen LogP contribution >= 0.6 is 0 Å². The van der Waals surface area contributed by atoms with Crippen molar-refractivity contribution in [3.63, 3.8) is 0 Å². The van der Waals surface area contributed by atoms with Gasteiger partial charge in [0.05, 0.1) is 18.0 Å². The summed E-state index contributed by atoms with van der Waals surface area (Å²) in [7, 11) is -0.316. The van der Waals surface area contributed by atoms with Gasteiger partial charge in [0.25, 0.3) is 0 Å². The molecule has 0 radical (unpaired) electrons. The third-order valence-electron chi connectivity index (χ3n) is 2.93. The Morgan fingerprint density at radius 1 is 1.22 bits per heavy atom. The molecule has 1 heterocycles. The zero-order valence-electron chi connectivity index (χ0n) is 12.6. The molecule has 2 rings (SSSR count). The number of benzene rings is 1. The van der Waals surface area contributed by atoms with E-state index in [0.717, 1.165) is 18.2 Å². The molecule has 0 bridgehead atoms. The first-order valence-electron chi connectivity index (χ1n) is 6.67. The summed E-state index contributed by atoms with van der Waals surface area (Å²) in [4.78, 5) is 9.87. The van der Waals surface area contributed by atoms with Crippen LogP contribution in [-0.4, -0.2) is 32.5 Å². The second-order valence-electron chi connectivity index (χ2n) is 5.06. The van der Waals surface area contributed by atoms with Crippen LogP contribution < -0.4 is 9.62 Å². The van der Waals surface area contributed by atoms with Gasteiger partial charge in [0.1, 0.15) is 11.6 Å². The molecule has 1 aromatic heterocycles. The molecule has 9 heteroatoms. The minimum absolute atomic E-state index is 0.0668. The number of halogens is 2. The van der Waals surface area contributed by atoms with Gasteiger partial charge in [-0.25, -0.2) is 31.9 Å². The molecule has 0 aliphatic carbocycles. The van der Waals surface area contributed by atoms with Crippen molar-refractivity contribution in [3.05, 3.63) is 53.4 Å². The summed E-state index contributed by atoms with van der Waals surface area (Å²) < 4.78 is 52.9. The number of rotatable bonds is 6. The molecule has 0 aliphatic rings. The molecule has 23 heavy (non-hydrogen) atoms. The number of nitrogens with one attached hydrogen (secondary N) is 1. The molecule has 0 fully saturated rings. The van der Waals surface area contributed by atoms with Crippen molar-refractivity contribution < 1.29 is 17.2 Å². The van der Waals surface area contributed by atoms with Crippen LogP contribution in [0.15, 0.2) is 30.5 Å². The van der Waals surface area contributed by atoms with E-state index < -0.39 is 27.4 Å². The Morgan fingerprint density at radius 2 is 1.96 bits per heavy atom. The third-order valence-corrected chi connectivity index (χ3v) is 4.20. The Kier molecular flexibility index (Phi) is 5.22.